The van der Waals surface area contributed by atoms with Crippen LogP contribution in [0.3, 0.4) is 0 Å². The summed E-state index contributed by atoms with van der Waals surface area (Å²) in [6.45, 7) is 4.04. The quantitative estimate of drug-likeness (QED) is 0.843. The Morgan fingerprint density at radius 1 is 1.38 bits per heavy atom. The average molecular weight is 328 g/mol. The molecular weight excluding hydrogens is 304 g/mol. The fourth-order valence-electron chi connectivity index (χ4n) is 3.56. The predicted octanol–water partition coefficient (Wildman–Crippen LogP) is 3.48. The normalized spacial score (nSPS) is 21.0. The second kappa shape index (κ2) is 7.62. The number of benzene rings is 1. The van der Waals surface area contributed by atoms with Crippen molar-refractivity contribution in [2.45, 2.75) is 32.3 Å². The third-order valence-electron chi connectivity index (χ3n) is 4.84. The number of carbonyl (C=O) groups excluding carboxylic acids is 1. The number of likely N-dealkylation sites (tertiary alicyclic amines) is 1. The van der Waals surface area contributed by atoms with Gasteiger partial charge in [0.15, 0.2) is 11.5 Å². The fraction of sp³-hybridized carbons (Fsp3) is 0.474. The highest BCUT2D eigenvalue weighted by Gasteiger charge is 2.32. The number of amides is 1. The lowest BCUT2D eigenvalue weighted by Crippen LogP contribution is -2.43. The molecule has 3 rings (SSSR count). The van der Waals surface area contributed by atoms with E-state index in [1.807, 2.05) is 11.0 Å². The Bertz CT molecular complexity index is 668. The van der Waals surface area contributed by atoms with E-state index in [1.54, 1.807) is 13.2 Å². The summed E-state index contributed by atoms with van der Waals surface area (Å²) in [6.07, 6.45) is 2.04. The average Bonchev–Trinajstić information content (AvgIpc) is 3.10. The molecule has 2 aromatic rings. The summed E-state index contributed by atoms with van der Waals surface area (Å²) in [5.74, 6) is 1.51. The summed E-state index contributed by atoms with van der Waals surface area (Å²) >= 11 is 0. The van der Waals surface area contributed by atoms with Crippen LogP contribution in [0.4, 0.5) is 0 Å². The Labute approximate surface area is 142 Å². The highest BCUT2D eigenvalue weighted by atomic mass is 16.5. The highest BCUT2D eigenvalue weighted by molar-refractivity contribution is 5.92. The van der Waals surface area contributed by atoms with Crippen molar-refractivity contribution in [2.24, 2.45) is 5.92 Å². The number of rotatable bonds is 5. The second-order valence-corrected chi connectivity index (χ2v) is 6.34. The summed E-state index contributed by atoms with van der Waals surface area (Å²) in [5, 5.41) is 3.89. The van der Waals surface area contributed by atoms with E-state index in [0.717, 1.165) is 25.9 Å². The first-order valence-corrected chi connectivity index (χ1v) is 8.51. The molecule has 128 valence electrons. The maximum absolute atomic E-state index is 12.7. The molecule has 5 nitrogen and oxygen atoms in total. The number of ether oxygens (including phenoxy) is 1. The Balaban J connectivity index is 1.69. The molecule has 1 amide bonds. The molecule has 5 heteroatoms. The zero-order valence-electron chi connectivity index (χ0n) is 14.3. The fourth-order valence-corrected chi connectivity index (χ4v) is 3.56. The van der Waals surface area contributed by atoms with Crippen molar-refractivity contribution in [2.75, 3.05) is 20.2 Å². The smallest absolute Gasteiger partial charge is 0.276 e. The van der Waals surface area contributed by atoms with Crippen molar-refractivity contribution in [3.8, 4) is 0 Å². The number of hydrogen-bond acceptors (Lipinski definition) is 4. The molecule has 0 aliphatic carbocycles. The Hall–Kier alpha value is -2.14. The summed E-state index contributed by atoms with van der Waals surface area (Å²) in [6, 6.07) is 12.3. The van der Waals surface area contributed by atoms with Gasteiger partial charge in [-0.25, -0.2) is 0 Å². The van der Waals surface area contributed by atoms with Crippen LogP contribution in [-0.4, -0.2) is 36.2 Å². The monoisotopic (exact) mass is 328 g/mol. The number of nitrogens with zero attached hydrogens (tertiary/aromatic N) is 2. The van der Waals surface area contributed by atoms with Gasteiger partial charge >= 0.3 is 0 Å². The Morgan fingerprint density at radius 3 is 2.88 bits per heavy atom. The van der Waals surface area contributed by atoms with E-state index < -0.39 is 0 Å². The van der Waals surface area contributed by atoms with Crippen LogP contribution in [0.15, 0.2) is 40.9 Å². The molecule has 0 radical (unpaired) electrons. The van der Waals surface area contributed by atoms with E-state index in [2.05, 4.69) is 36.3 Å². The van der Waals surface area contributed by atoms with Crippen LogP contribution in [0, 0.1) is 5.92 Å². The molecule has 0 spiro atoms. The minimum Gasteiger partial charge on any atom is -0.377 e. The van der Waals surface area contributed by atoms with Gasteiger partial charge in [-0.2, -0.15) is 0 Å². The molecular formula is C19H24N2O3. The Kier molecular flexibility index (Phi) is 5.30. The van der Waals surface area contributed by atoms with Crippen molar-refractivity contribution in [1.82, 2.24) is 10.1 Å². The molecule has 0 bridgehead atoms. The molecule has 1 aromatic heterocycles. The standard InChI is InChI=1S/C19H24N2O3/c1-3-14-12-21(10-9-17(14)15-7-5-4-6-8-15)19(22)18-11-16(13-23-2)24-20-18/h4-8,11,14,17H,3,9-10,12-13H2,1-2H3. The third kappa shape index (κ3) is 3.51. The van der Waals surface area contributed by atoms with Crippen LogP contribution in [-0.2, 0) is 11.3 Å². The van der Waals surface area contributed by atoms with Gasteiger partial charge in [-0.1, -0.05) is 48.8 Å². The molecule has 2 unspecified atom stereocenters. The Morgan fingerprint density at radius 2 is 2.17 bits per heavy atom. The largest absolute Gasteiger partial charge is 0.377 e. The van der Waals surface area contributed by atoms with Gasteiger partial charge in [0.25, 0.3) is 5.91 Å². The molecule has 1 fully saturated rings. The molecule has 0 saturated carbocycles. The molecule has 0 N–H and O–H groups in total. The SMILES string of the molecule is CCC1CN(C(=O)c2cc(COC)on2)CCC1c1ccccc1. The topological polar surface area (TPSA) is 55.6 Å². The van der Waals surface area contributed by atoms with Crippen LogP contribution in [0.2, 0.25) is 0 Å². The first kappa shape index (κ1) is 16.7. The summed E-state index contributed by atoms with van der Waals surface area (Å²) in [5.41, 5.74) is 1.75. The number of piperidine rings is 1. The van der Waals surface area contributed by atoms with Crippen molar-refractivity contribution in [3.05, 3.63) is 53.4 Å². The molecule has 1 saturated heterocycles. The van der Waals surface area contributed by atoms with E-state index >= 15 is 0 Å². The van der Waals surface area contributed by atoms with Crippen molar-refractivity contribution >= 4 is 5.91 Å². The van der Waals surface area contributed by atoms with Gasteiger partial charge in [0, 0.05) is 26.3 Å². The van der Waals surface area contributed by atoms with E-state index in [4.69, 9.17) is 9.26 Å². The zero-order chi connectivity index (χ0) is 16.9. The molecule has 24 heavy (non-hydrogen) atoms. The van der Waals surface area contributed by atoms with Gasteiger partial charge in [-0.05, 0) is 23.8 Å². The zero-order valence-corrected chi connectivity index (χ0v) is 14.3. The second-order valence-electron chi connectivity index (χ2n) is 6.34. The molecule has 1 aromatic carbocycles. The number of carbonyl (C=O) groups is 1. The van der Waals surface area contributed by atoms with E-state index in [-0.39, 0.29) is 5.91 Å². The van der Waals surface area contributed by atoms with E-state index in [1.165, 1.54) is 5.56 Å². The van der Waals surface area contributed by atoms with Gasteiger partial charge < -0.3 is 14.2 Å². The van der Waals surface area contributed by atoms with Crippen LogP contribution >= 0.6 is 0 Å². The maximum atomic E-state index is 12.7. The van der Waals surface area contributed by atoms with Crippen LogP contribution in [0.1, 0.15) is 47.5 Å². The predicted molar refractivity (Wildman–Crippen MR) is 90.7 cm³/mol. The number of aromatic nitrogens is 1. The van der Waals surface area contributed by atoms with Crippen LogP contribution in [0.25, 0.3) is 0 Å². The lowest BCUT2D eigenvalue weighted by atomic mass is 9.79. The van der Waals surface area contributed by atoms with Gasteiger partial charge in [0.2, 0.25) is 0 Å². The van der Waals surface area contributed by atoms with Crippen molar-refractivity contribution in [3.63, 3.8) is 0 Å². The number of methoxy groups -OCH3 is 1. The lowest BCUT2D eigenvalue weighted by molar-refractivity contribution is 0.0634. The molecule has 1 aliphatic heterocycles. The summed E-state index contributed by atoms with van der Waals surface area (Å²) < 4.78 is 10.1. The molecule has 2 atom stereocenters. The molecule has 2 heterocycles. The van der Waals surface area contributed by atoms with Crippen molar-refractivity contribution in [1.29, 1.82) is 0 Å². The molecule has 1 aliphatic rings. The first-order valence-electron chi connectivity index (χ1n) is 8.51. The summed E-state index contributed by atoms with van der Waals surface area (Å²) in [7, 11) is 1.59. The van der Waals surface area contributed by atoms with Crippen LogP contribution < -0.4 is 0 Å². The first-order chi connectivity index (χ1) is 11.7. The van der Waals surface area contributed by atoms with Gasteiger partial charge in [0.05, 0.1) is 0 Å². The maximum Gasteiger partial charge on any atom is 0.276 e. The van der Waals surface area contributed by atoms with Crippen molar-refractivity contribution < 1.29 is 14.1 Å². The lowest BCUT2D eigenvalue weighted by Gasteiger charge is -2.38. The minimum atomic E-state index is -0.0499. The third-order valence-corrected chi connectivity index (χ3v) is 4.84. The van der Waals surface area contributed by atoms with Gasteiger partial charge in [0.1, 0.15) is 6.61 Å². The minimum absolute atomic E-state index is 0.0499. The van der Waals surface area contributed by atoms with Gasteiger partial charge in [-0.3, -0.25) is 4.79 Å². The summed E-state index contributed by atoms with van der Waals surface area (Å²) in [4.78, 5) is 14.6. The highest BCUT2D eigenvalue weighted by Crippen LogP contribution is 2.35. The van der Waals surface area contributed by atoms with Crippen LogP contribution in [0.5, 0.6) is 0 Å². The number of hydrogen-bond donors (Lipinski definition) is 0. The van der Waals surface area contributed by atoms with E-state index in [9.17, 15) is 4.79 Å². The van der Waals surface area contributed by atoms with Gasteiger partial charge in [-0.15, -0.1) is 0 Å². The van der Waals surface area contributed by atoms with E-state index in [0.29, 0.717) is 29.9 Å².